The van der Waals surface area contributed by atoms with E-state index in [2.05, 4.69) is 20.8 Å². The zero-order valence-electron chi connectivity index (χ0n) is 10.8. The SMILES string of the molecule is CC(CC(=O)O)(c1ccc(F)cc1Br)N1CCCC1. The van der Waals surface area contributed by atoms with E-state index in [0.717, 1.165) is 31.5 Å². The van der Waals surface area contributed by atoms with E-state index in [9.17, 15) is 14.3 Å². The first-order chi connectivity index (χ1) is 8.93. The van der Waals surface area contributed by atoms with Gasteiger partial charge in [0.25, 0.3) is 0 Å². The highest BCUT2D eigenvalue weighted by molar-refractivity contribution is 9.10. The van der Waals surface area contributed by atoms with E-state index in [1.165, 1.54) is 12.1 Å². The van der Waals surface area contributed by atoms with E-state index in [0.29, 0.717) is 4.47 Å². The molecule has 1 fully saturated rings. The molecule has 0 saturated carbocycles. The van der Waals surface area contributed by atoms with Crippen molar-refractivity contribution in [2.75, 3.05) is 13.1 Å². The van der Waals surface area contributed by atoms with Crippen molar-refractivity contribution < 1.29 is 14.3 Å². The molecular weight excluding hydrogens is 313 g/mol. The summed E-state index contributed by atoms with van der Waals surface area (Å²) >= 11 is 3.36. The minimum absolute atomic E-state index is 0.0111. The van der Waals surface area contributed by atoms with Gasteiger partial charge in [0.1, 0.15) is 5.82 Å². The maximum absolute atomic E-state index is 13.2. The average Bonchev–Trinajstić information content (AvgIpc) is 2.81. The highest BCUT2D eigenvalue weighted by Crippen LogP contribution is 2.38. The predicted molar refractivity (Wildman–Crippen MR) is 74.5 cm³/mol. The van der Waals surface area contributed by atoms with Crippen molar-refractivity contribution in [2.24, 2.45) is 0 Å². The van der Waals surface area contributed by atoms with Gasteiger partial charge >= 0.3 is 5.97 Å². The summed E-state index contributed by atoms with van der Waals surface area (Å²) in [6, 6.07) is 4.46. The lowest BCUT2D eigenvalue weighted by atomic mass is 9.87. The molecule has 1 aromatic rings. The molecule has 104 valence electrons. The summed E-state index contributed by atoms with van der Waals surface area (Å²) < 4.78 is 13.8. The number of hydrogen-bond donors (Lipinski definition) is 1. The molecule has 19 heavy (non-hydrogen) atoms. The lowest BCUT2D eigenvalue weighted by molar-refractivity contribution is -0.140. The van der Waals surface area contributed by atoms with Gasteiger partial charge in [-0.3, -0.25) is 9.69 Å². The van der Waals surface area contributed by atoms with Gasteiger partial charge < -0.3 is 5.11 Å². The molecule has 0 aromatic heterocycles. The average molecular weight is 330 g/mol. The second kappa shape index (κ2) is 5.59. The summed E-state index contributed by atoms with van der Waals surface area (Å²) in [5, 5.41) is 9.20. The van der Waals surface area contributed by atoms with Gasteiger partial charge in [-0.15, -0.1) is 0 Å². The molecule has 1 saturated heterocycles. The van der Waals surface area contributed by atoms with Crippen molar-refractivity contribution in [1.82, 2.24) is 4.90 Å². The lowest BCUT2D eigenvalue weighted by Crippen LogP contribution is -2.44. The number of carboxylic acids is 1. The molecule has 1 atom stereocenters. The van der Waals surface area contributed by atoms with Crippen molar-refractivity contribution in [2.45, 2.75) is 31.7 Å². The van der Waals surface area contributed by atoms with E-state index < -0.39 is 11.5 Å². The number of halogens is 2. The summed E-state index contributed by atoms with van der Waals surface area (Å²) in [4.78, 5) is 13.4. The maximum Gasteiger partial charge on any atom is 0.305 e. The van der Waals surface area contributed by atoms with Crippen LogP contribution in [-0.4, -0.2) is 29.1 Å². The van der Waals surface area contributed by atoms with E-state index in [-0.39, 0.29) is 12.2 Å². The Morgan fingerprint density at radius 1 is 1.47 bits per heavy atom. The Balaban J connectivity index is 2.43. The minimum atomic E-state index is -0.842. The molecule has 0 radical (unpaired) electrons. The highest BCUT2D eigenvalue weighted by Gasteiger charge is 2.38. The van der Waals surface area contributed by atoms with Crippen molar-refractivity contribution in [3.05, 3.63) is 34.1 Å². The first kappa shape index (κ1) is 14.5. The quantitative estimate of drug-likeness (QED) is 0.920. The van der Waals surface area contributed by atoms with Crippen LogP contribution in [0.15, 0.2) is 22.7 Å². The van der Waals surface area contributed by atoms with Crippen molar-refractivity contribution in [3.63, 3.8) is 0 Å². The van der Waals surface area contributed by atoms with E-state index >= 15 is 0 Å². The van der Waals surface area contributed by atoms with Crippen LogP contribution in [-0.2, 0) is 10.3 Å². The predicted octanol–water partition coefficient (Wildman–Crippen LogP) is 3.37. The van der Waals surface area contributed by atoms with E-state index in [1.54, 1.807) is 6.07 Å². The third kappa shape index (κ3) is 2.98. The second-order valence-corrected chi connectivity index (χ2v) is 6.02. The topological polar surface area (TPSA) is 40.5 Å². The molecule has 0 spiro atoms. The maximum atomic E-state index is 13.2. The molecule has 1 aromatic carbocycles. The van der Waals surface area contributed by atoms with Crippen LogP contribution in [0.5, 0.6) is 0 Å². The molecule has 1 unspecified atom stereocenters. The zero-order chi connectivity index (χ0) is 14.0. The Bertz CT molecular complexity index is 488. The lowest BCUT2D eigenvalue weighted by Gasteiger charge is -2.39. The van der Waals surface area contributed by atoms with Crippen LogP contribution in [0.3, 0.4) is 0 Å². The Morgan fingerprint density at radius 2 is 2.11 bits per heavy atom. The molecule has 1 aliphatic rings. The van der Waals surface area contributed by atoms with Gasteiger partial charge in [-0.1, -0.05) is 22.0 Å². The van der Waals surface area contributed by atoms with Gasteiger partial charge in [0.2, 0.25) is 0 Å². The first-order valence-electron chi connectivity index (χ1n) is 6.36. The first-order valence-corrected chi connectivity index (χ1v) is 7.15. The number of carbonyl (C=O) groups is 1. The monoisotopic (exact) mass is 329 g/mol. The number of nitrogens with zero attached hydrogens (tertiary/aromatic N) is 1. The number of rotatable bonds is 4. The molecule has 3 nitrogen and oxygen atoms in total. The number of aliphatic carboxylic acids is 1. The standard InChI is InChI=1S/C14H17BrFNO2/c1-14(9-13(18)19,17-6-2-3-7-17)11-5-4-10(16)8-12(11)15/h4-5,8H,2-3,6-7,9H2,1H3,(H,18,19). The second-order valence-electron chi connectivity index (χ2n) is 5.16. The molecule has 0 aliphatic carbocycles. The van der Waals surface area contributed by atoms with Crippen LogP contribution in [0.1, 0.15) is 31.7 Å². The fourth-order valence-electron chi connectivity index (χ4n) is 2.81. The van der Waals surface area contributed by atoms with Crippen LogP contribution >= 0.6 is 15.9 Å². The molecule has 1 N–H and O–H groups in total. The largest absolute Gasteiger partial charge is 0.481 e. The molecule has 0 bridgehead atoms. The fourth-order valence-corrected chi connectivity index (χ4v) is 3.59. The number of benzene rings is 1. The number of carboxylic acid groups (broad SMARTS) is 1. The normalized spacial score (nSPS) is 19.3. The highest BCUT2D eigenvalue weighted by atomic mass is 79.9. The molecule has 1 heterocycles. The van der Waals surface area contributed by atoms with Gasteiger partial charge in [0.15, 0.2) is 0 Å². The summed E-state index contributed by atoms with van der Waals surface area (Å²) in [6.45, 7) is 3.69. The molecule has 1 aliphatic heterocycles. The third-order valence-electron chi connectivity index (χ3n) is 3.81. The van der Waals surface area contributed by atoms with Crippen molar-refractivity contribution >= 4 is 21.9 Å². The van der Waals surface area contributed by atoms with Crippen LogP contribution in [0, 0.1) is 5.82 Å². The van der Waals surface area contributed by atoms with Crippen molar-refractivity contribution in [3.8, 4) is 0 Å². The van der Waals surface area contributed by atoms with Gasteiger partial charge in [0.05, 0.1) is 12.0 Å². The van der Waals surface area contributed by atoms with Gasteiger partial charge in [0, 0.05) is 4.47 Å². The van der Waals surface area contributed by atoms with Crippen LogP contribution in [0.2, 0.25) is 0 Å². The Hall–Kier alpha value is -0.940. The molecule has 0 amide bonds. The van der Waals surface area contributed by atoms with Gasteiger partial charge in [-0.25, -0.2) is 4.39 Å². The Kier molecular flexibility index (Phi) is 4.26. The van der Waals surface area contributed by atoms with Gasteiger partial charge in [-0.2, -0.15) is 0 Å². The number of likely N-dealkylation sites (tertiary alicyclic amines) is 1. The summed E-state index contributed by atoms with van der Waals surface area (Å²) in [7, 11) is 0. The molecular formula is C14H17BrFNO2. The summed E-state index contributed by atoms with van der Waals surface area (Å²) in [5.41, 5.74) is 0.229. The summed E-state index contributed by atoms with van der Waals surface area (Å²) in [6.07, 6.45) is 2.17. The van der Waals surface area contributed by atoms with E-state index in [4.69, 9.17) is 0 Å². The Labute approximate surface area is 120 Å². The zero-order valence-corrected chi connectivity index (χ0v) is 12.4. The third-order valence-corrected chi connectivity index (χ3v) is 4.47. The van der Waals surface area contributed by atoms with Gasteiger partial charge in [-0.05, 0) is 50.6 Å². The van der Waals surface area contributed by atoms with Crippen molar-refractivity contribution in [1.29, 1.82) is 0 Å². The van der Waals surface area contributed by atoms with Crippen LogP contribution in [0.4, 0.5) is 4.39 Å². The summed E-state index contributed by atoms with van der Waals surface area (Å²) in [5.74, 6) is -1.17. The Morgan fingerprint density at radius 3 is 2.63 bits per heavy atom. The number of hydrogen-bond acceptors (Lipinski definition) is 2. The molecule has 2 rings (SSSR count). The van der Waals surface area contributed by atoms with E-state index in [1.807, 2.05) is 6.92 Å². The smallest absolute Gasteiger partial charge is 0.305 e. The molecule has 5 heteroatoms. The van der Waals surface area contributed by atoms with Crippen LogP contribution < -0.4 is 0 Å². The minimum Gasteiger partial charge on any atom is -0.481 e. The fraction of sp³-hybridized carbons (Fsp3) is 0.500. The van der Waals surface area contributed by atoms with Crippen LogP contribution in [0.25, 0.3) is 0 Å².